The molecule has 0 bridgehead atoms. The van der Waals surface area contributed by atoms with Gasteiger partial charge < -0.3 is 4.74 Å². The van der Waals surface area contributed by atoms with E-state index in [2.05, 4.69) is 16.0 Å². The zero-order chi connectivity index (χ0) is 20.6. The van der Waals surface area contributed by atoms with Crippen molar-refractivity contribution in [2.75, 3.05) is 7.11 Å². The van der Waals surface area contributed by atoms with Crippen molar-refractivity contribution >= 4 is 20.9 Å². The minimum atomic E-state index is -3.83. The van der Waals surface area contributed by atoms with Gasteiger partial charge in [0.05, 0.1) is 12.6 Å². The molecule has 4 aromatic rings. The molecular formula is C22H19N3O3S. The van der Waals surface area contributed by atoms with Gasteiger partial charge in [0.1, 0.15) is 10.6 Å². The molecule has 4 rings (SSSR count). The fourth-order valence-corrected chi connectivity index (χ4v) is 3.85. The number of ether oxygens (including phenoxy) is 1. The molecule has 0 saturated carbocycles. The molecule has 2 aromatic carbocycles. The lowest BCUT2D eigenvalue weighted by Crippen LogP contribution is -2.12. The Balaban J connectivity index is 1.89. The summed E-state index contributed by atoms with van der Waals surface area (Å²) in [5.74, 6) is 0.832. The minimum absolute atomic E-state index is 0.0210. The van der Waals surface area contributed by atoms with Crippen LogP contribution in [0.4, 0.5) is 0 Å². The molecule has 0 spiro atoms. The Morgan fingerprint density at radius 3 is 2.45 bits per heavy atom. The minimum Gasteiger partial charge on any atom is -0.496 e. The summed E-state index contributed by atoms with van der Waals surface area (Å²) >= 11 is 0. The highest BCUT2D eigenvalue weighted by atomic mass is 32.2. The summed E-state index contributed by atoms with van der Waals surface area (Å²) in [6.45, 7) is 2.00. The van der Waals surface area contributed by atoms with Gasteiger partial charge in [-0.2, -0.15) is 0 Å². The van der Waals surface area contributed by atoms with E-state index in [4.69, 9.17) is 9.88 Å². The molecule has 0 radical (unpaired) electrons. The van der Waals surface area contributed by atoms with Crippen molar-refractivity contribution in [3.63, 3.8) is 0 Å². The summed E-state index contributed by atoms with van der Waals surface area (Å²) in [5.41, 5.74) is 5.45. The number of nitrogens with zero attached hydrogens (tertiary/aromatic N) is 2. The predicted octanol–water partition coefficient (Wildman–Crippen LogP) is 3.93. The van der Waals surface area contributed by atoms with Crippen LogP contribution in [0.2, 0.25) is 0 Å². The zero-order valence-corrected chi connectivity index (χ0v) is 16.8. The van der Waals surface area contributed by atoms with Gasteiger partial charge in [-0.05, 0) is 65.6 Å². The van der Waals surface area contributed by atoms with Gasteiger partial charge in [0.15, 0.2) is 0 Å². The number of fused-ring (bicyclic) bond motifs is 1. The van der Waals surface area contributed by atoms with E-state index in [-0.39, 0.29) is 4.90 Å². The van der Waals surface area contributed by atoms with Crippen molar-refractivity contribution in [3.05, 3.63) is 72.7 Å². The quantitative estimate of drug-likeness (QED) is 0.555. The lowest BCUT2D eigenvalue weighted by molar-refractivity contribution is 0.412. The highest BCUT2D eigenvalue weighted by Crippen LogP contribution is 2.33. The van der Waals surface area contributed by atoms with Crippen LogP contribution in [0, 0.1) is 6.92 Å². The van der Waals surface area contributed by atoms with Crippen LogP contribution < -0.4 is 9.88 Å². The van der Waals surface area contributed by atoms with Crippen LogP contribution in [0.25, 0.3) is 33.2 Å². The average Bonchev–Trinajstić information content (AvgIpc) is 2.72. The number of aryl methyl sites for hydroxylation is 1. The molecule has 6 nitrogen and oxygen atoms in total. The molecule has 0 aliphatic carbocycles. The molecule has 29 heavy (non-hydrogen) atoms. The SMILES string of the molecule is COc1ccc(-c2ccnc3ccc(-c4cncc(S(N)(=O)=O)c4)cc23)cc1C. The lowest BCUT2D eigenvalue weighted by Gasteiger charge is -2.11. The fourth-order valence-electron chi connectivity index (χ4n) is 3.36. The molecular weight excluding hydrogens is 386 g/mol. The average molecular weight is 405 g/mol. The third-order valence-corrected chi connectivity index (χ3v) is 5.70. The largest absolute Gasteiger partial charge is 0.496 e. The van der Waals surface area contributed by atoms with E-state index in [1.54, 1.807) is 19.5 Å². The number of pyridine rings is 2. The first-order valence-corrected chi connectivity index (χ1v) is 10.4. The topological polar surface area (TPSA) is 95.2 Å². The summed E-state index contributed by atoms with van der Waals surface area (Å²) in [6, 6.07) is 15.3. The Bertz CT molecular complexity index is 1330. The number of benzene rings is 2. The van der Waals surface area contributed by atoms with Crippen LogP contribution in [0.1, 0.15) is 5.56 Å². The maximum Gasteiger partial charge on any atom is 0.239 e. The van der Waals surface area contributed by atoms with Crippen LogP contribution in [0.3, 0.4) is 0 Å². The van der Waals surface area contributed by atoms with E-state index < -0.39 is 10.0 Å². The Morgan fingerprint density at radius 2 is 1.72 bits per heavy atom. The van der Waals surface area contributed by atoms with Gasteiger partial charge in [-0.25, -0.2) is 13.6 Å². The number of sulfonamides is 1. The Hall–Kier alpha value is -3.29. The zero-order valence-electron chi connectivity index (χ0n) is 16.0. The second-order valence-electron chi connectivity index (χ2n) is 6.73. The molecule has 2 heterocycles. The molecule has 0 unspecified atom stereocenters. The van der Waals surface area contributed by atoms with Crippen LogP contribution in [-0.2, 0) is 10.0 Å². The molecule has 0 aliphatic rings. The fraction of sp³-hybridized carbons (Fsp3) is 0.0909. The Labute approximate surface area is 169 Å². The van der Waals surface area contributed by atoms with Gasteiger partial charge in [-0.1, -0.05) is 12.1 Å². The first-order valence-electron chi connectivity index (χ1n) is 8.89. The van der Waals surface area contributed by atoms with E-state index in [9.17, 15) is 8.42 Å². The van der Waals surface area contributed by atoms with Crippen LogP contribution in [-0.4, -0.2) is 25.5 Å². The van der Waals surface area contributed by atoms with Crippen LogP contribution in [0.15, 0.2) is 72.0 Å². The molecule has 0 fully saturated rings. The molecule has 146 valence electrons. The van der Waals surface area contributed by atoms with E-state index in [0.29, 0.717) is 5.56 Å². The number of methoxy groups -OCH3 is 1. The number of rotatable bonds is 4. The predicted molar refractivity (Wildman–Crippen MR) is 113 cm³/mol. The molecule has 7 heteroatoms. The summed E-state index contributed by atoms with van der Waals surface area (Å²) < 4.78 is 28.7. The number of nitrogens with two attached hydrogens (primary N) is 1. The second kappa shape index (κ2) is 7.27. The van der Waals surface area contributed by atoms with Crippen molar-refractivity contribution in [3.8, 4) is 28.0 Å². The number of hydrogen-bond acceptors (Lipinski definition) is 5. The Kier molecular flexibility index (Phi) is 4.77. The summed E-state index contributed by atoms with van der Waals surface area (Å²) in [4.78, 5) is 8.47. The van der Waals surface area contributed by atoms with E-state index in [0.717, 1.165) is 38.9 Å². The normalized spacial score (nSPS) is 11.6. The van der Waals surface area contributed by atoms with Crippen LogP contribution in [0.5, 0.6) is 5.75 Å². The maximum absolute atomic E-state index is 11.7. The summed E-state index contributed by atoms with van der Waals surface area (Å²) in [6.07, 6.45) is 4.64. The van der Waals surface area contributed by atoms with Gasteiger partial charge >= 0.3 is 0 Å². The van der Waals surface area contributed by atoms with Gasteiger partial charge in [0.25, 0.3) is 0 Å². The summed E-state index contributed by atoms with van der Waals surface area (Å²) in [7, 11) is -2.17. The van der Waals surface area contributed by atoms with Gasteiger partial charge in [0, 0.05) is 29.5 Å². The molecule has 0 aliphatic heterocycles. The maximum atomic E-state index is 11.7. The van der Waals surface area contributed by atoms with Crippen molar-refractivity contribution in [2.45, 2.75) is 11.8 Å². The highest BCUT2D eigenvalue weighted by molar-refractivity contribution is 7.89. The third kappa shape index (κ3) is 3.70. The monoisotopic (exact) mass is 405 g/mol. The number of primary sulfonamides is 1. The first-order chi connectivity index (χ1) is 13.9. The number of hydrogen-bond donors (Lipinski definition) is 1. The standard InChI is InChI=1S/C22H19N3O3S/c1-14-9-16(4-6-22(14)28-2)19-7-8-25-21-5-3-15(11-20(19)21)17-10-18(13-24-12-17)29(23,26)27/h3-13H,1-2H3,(H2,23,26,27). The smallest absolute Gasteiger partial charge is 0.239 e. The third-order valence-electron chi connectivity index (χ3n) is 4.82. The highest BCUT2D eigenvalue weighted by Gasteiger charge is 2.12. The second-order valence-corrected chi connectivity index (χ2v) is 8.29. The van der Waals surface area contributed by atoms with Gasteiger partial charge in [-0.15, -0.1) is 0 Å². The number of aromatic nitrogens is 2. The van der Waals surface area contributed by atoms with Crippen molar-refractivity contribution < 1.29 is 13.2 Å². The van der Waals surface area contributed by atoms with E-state index >= 15 is 0 Å². The molecule has 0 saturated heterocycles. The lowest BCUT2D eigenvalue weighted by atomic mass is 9.97. The summed E-state index contributed by atoms with van der Waals surface area (Å²) in [5, 5.41) is 6.20. The molecule has 2 N–H and O–H groups in total. The Morgan fingerprint density at radius 1 is 0.931 bits per heavy atom. The van der Waals surface area contributed by atoms with E-state index in [1.807, 2.05) is 43.3 Å². The molecule has 0 atom stereocenters. The van der Waals surface area contributed by atoms with Gasteiger partial charge in [0.2, 0.25) is 10.0 Å². The van der Waals surface area contributed by atoms with Gasteiger partial charge in [-0.3, -0.25) is 9.97 Å². The van der Waals surface area contributed by atoms with E-state index in [1.165, 1.54) is 12.3 Å². The van der Waals surface area contributed by atoms with Crippen LogP contribution >= 0.6 is 0 Å². The van der Waals surface area contributed by atoms with Crippen molar-refractivity contribution in [1.82, 2.24) is 9.97 Å². The first kappa shape index (κ1) is 19.0. The van der Waals surface area contributed by atoms with Crippen molar-refractivity contribution in [1.29, 1.82) is 0 Å². The van der Waals surface area contributed by atoms with Crippen molar-refractivity contribution in [2.24, 2.45) is 5.14 Å². The molecule has 0 amide bonds. The molecule has 2 aromatic heterocycles.